The average molecular weight is 862 g/mol. The maximum absolute atomic E-state index is 13.2. The van der Waals surface area contributed by atoms with Crippen LogP contribution in [-0.4, -0.2) is 46.9 Å². The molecule has 3 unspecified atom stereocenters. The second-order valence-corrected chi connectivity index (χ2v) is 19.0. The number of ether oxygens (including phenoxy) is 1. The van der Waals surface area contributed by atoms with Crippen molar-refractivity contribution in [2.45, 2.75) is 322 Å². The highest BCUT2D eigenvalue weighted by atomic mass is 16.5. The van der Waals surface area contributed by atoms with Gasteiger partial charge in [0.25, 0.3) is 0 Å². The Bertz CT molecular complexity index is 924. The highest BCUT2D eigenvalue weighted by molar-refractivity contribution is 5.77. The number of carbonyl (C=O) groups is 2. The van der Waals surface area contributed by atoms with E-state index in [0.29, 0.717) is 19.3 Å². The molecule has 0 bridgehead atoms. The molecule has 1 amide bonds. The van der Waals surface area contributed by atoms with Gasteiger partial charge in [0.15, 0.2) is 0 Å². The van der Waals surface area contributed by atoms with Crippen molar-refractivity contribution in [3.63, 3.8) is 0 Å². The third-order valence-electron chi connectivity index (χ3n) is 12.8. The van der Waals surface area contributed by atoms with Crippen LogP contribution in [0, 0.1) is 0 Å². The van der Waals surface area contributed by atoms with Crippen LogP contribution < -0.4 is 5.32 Å². The number of aliphatic hydroxyl groups is 2. The number of aliphatic hydroxyl groups excluding tert-OH is 2. The van der Waals surface area contributed by atoms with Crippen molar-refractivity contribution in [3.05, 3.63) is 12.2 Å². The number of hydrogen-bond acceptors (Lipinski definition) is 5. The maximum Gasteiger partial charge on any atom is 0.306 e. The number of nitrogens with one attached hydrogen (secondary N) is 1. The van der Waals surface area contributed by atoms with Gasteiger partial charge in [0, 0.05) is 6.42 Å². The second-order valence-electron chi connectivity index (χ2n) is 19.0. The SMILES string of the molecule is CCCCCC/C=C\CCCCCCCC(CC(=O)NC(CO)C(O)CCCCCCCCCCCCCCCC)OC(=O)CCCCCCCCCCCCCCCCC. The summed E-state index contributed by atoms with van der Waals surface area (Å²) >= 11 is 0. The summed E-state index contributed by atoms with van der Waals surface area (Å²) in [4.78, 5) is 26.2. The quantitative estimate of drug-likeness (QED) is 0.0322. The fraction of sp³-hybridized carbons (Fsp3) is 0.927. The number of unbranched alkanes of at least 4 members (excludes halogenated alkanes) is 36. The third kappa shape index (κ3) is 45.0. The molecule has 362 valence electrons. The van der Waals surface area contributed by atoms with Crippen molar-refractivity contribution < 1.29 is 24.5 Å². The van der Waals surface area contributed by atoms with Crippen molar-refractivity contribution >= 4 is 11.9 Å². The minimum atomic E-state index is -0.784. The van der Waals surface area contributed by atoms with E-state index < -0.39 is 18.2 Å². The van der Waals surface area contributed by atoms with Crippen molar-refractivity contribution in [1.29, 1.82) is 0 Å². The summed E-state index contributed by atoms with van der Waals surface area (Å²) in [6.45, 7) is 6.50. The molecule has 0 aromatic rings. The van der Waals surface area contributed by atoms with Crippen LogP contribution in [0.2, 0.25) is 0 Å². The van der Waals surface area contributed by atoms with Gasteiger partial charge in [0.05, 0.1) is 25.2 Å². The molecule has 0 radical (unpaired) electrons. The van der Waals surface area contributed by atoms with Gasteiger partial charge in [-0.2, -0.15) is 0 Å². The summed E-state index contributed by atoms with van der Waals surface area (Å²) in [5, 5.41) is 23.8. The Balaban J connectivity index is 4.51. The molecule has 0 heterocycles. The van der Waals surface area contributed by atoms with Gasteiger partial charge in [-0.1, -0.05) is 251 Å². The number of amides is 1. The van der Waals surface area contributed by atoms with E-state index in [1.54, 1.807) is 0 Å². The molecule has 0 aliphatic rings. The van der Waals surface area contributed by atoms with Gasteiger partial charge in [0.2, 0.25) is 5.91 Å². The molecule has 61 heavy (non-hydrogen) atoms. The van der Waals surface area contributed by atoms with E-state index in [-0.39, 0.29) is 24.9 Å². The van der Waals surface area contributed by atoms with Crippen LogP contribution in [-0.2, 0) is 14.3 Å². The van der Waals surface area contributed by atoms with Crippen LogP contribution in [0.25, 0.3) is 0 Å². The monoisotopic (exact) mass is 862 g/mol. The fourth-order valence-corrected chi connectivity index (χ4v) is 8.66. The Morgan fingerprint density at radius 3 is 1.18 bits per heavy atom. The zero-order valence-electron chi connectivity index (χ0n) is 41.3. The molecule has 0 saturated carbocycles. The van der Waals surface area contributed by atoms with Crippen LogP contribution in [0.15, 0.2) is 12.2 Å². The van der Waals surface area contributed by atoms with Crippen molar-refractivity contribution in [1.82, 2.24) is 5.32 Å². The molecule has 0 aromatic heterocycles. The summed E-state index contributed by atoms with van der Waals surface area (Å²) in [5.41, 5.74) is 0. The summed E-state index contributed by atoms with van der Waals surface area (Å²) < 4.78 is 5.95. The van der Waals surface area contributed by atoms with Gasteiger partial charge in [-0.3, -0.25) is 9.59 Å². The van der Waals surface area contributed by atoms with E-state index in [2.05, 4.69) is 38.2 Å². The van der Waals surface area contributed by atoms with Crippen molar-refractivity contribution in [2.24, 2.45) is 0 Å². The van der Waals surface area contributed by atoms with E-state index in [4.69, 9.17) is 4.74 Å². The minimum Gasteiger partial charge on any atom is -0.462 e. The smallest absolute Gasteiger partial charge is 0.306 e. The Morgan fingerprint density at radius 2 is 0.787 bits per heavy atom. The molecular weight excluding hydrogens is 755 g/mol. The van der Waals surface area contributed by atoms with Gasteiger partial charge in [-0.05, 0) is 51.4 Å². The van der Waals surface area contributed by atoms with E-state index in [1.165, 1.54) is 199 Å². The summed E-state index contributed by atoms with van der Waals surface area (Å²) in [6.07, 6.45) is 55.5. The zero-order valence-corrected chi connectivity index (χ0v) is 41.3. The maximum atomic E-state index is 13.2. The first-order valence-corrected chi connectivity index (χ1v) is 27.4. The molecule has 0 spiro atoms. The van der Waals surface area contributed by atoms with Crippen molar-refractivity contribution in [2.75, 3.05) is 6.61 Å². The topological polar surface area (TPSA) is 95.9 Å². The van der Waals surface area contributed by atoms with Gasteiger partial charge in [0.1, 0.15) is 6.10 Å². The lowest BCUT2D eigenvalue weighted by Gasteiger charge is -2.24. The predicted octanol–water partition coefficient (Wildman–Crippen LogP) is 16.5. The summed E-state index contributed by atoms with van der Waals surface area (Å²) in [7, 11) is 0. The predicted molar refractivity (Wildman–Crippen MR) is 264 cm³/mol. The standard InChI is InChI=1S/C55H107NO5/c1-4-7-10-13-16-19-22-25-27-30-33-36-39-42-45-48-55(60)61-51(46-43-40-37-34-31-28-24-21-18-15-12-9-6-3)49-54(59)56-52(50-57)53(58)47-44-41-38-35-32-29-26-23-20-17-14-11-8-5-2/h21,24,51-53,57-58H,4-20,22-23,25-50H2,1-3H3,(H,56,59)/b24-21-. The van der Waals surface area contributed by atoms with Gasteiger partial charge in [-0.25, -0.2) is 0 Å². The van der Waals surface area contributed by atoms with Gasteiger partial charge >= 0.3 is 5.97 Å². The molecular formula is C55H107NO5. The van der Waals surface area contributed by atoms with Crippen LogP contribution in [0.1, 0.15) is 303 Å². The molecule has 6 heteroatoms. The molecule has 0 saturated heterocycles. The van der Waals surface area contributed by atoms with E-state index in [1.807, 2.05) is 0 Å². The molecule has 3 N–H and O–H groups in total. The zero-order chi connectivity index (χ0) is 44.5. The first kappa shape index (κ1) is 59.6. The third-order valence-corrected chi connectivity index (χ3v) is 12.8. The highest BCUT2D eigenvalue weighted by Gasteiger charge is 2.24. The van der Waals surface area contributed by atoms with E-state index in [9.17, 15) is 19.8 Å². The first-order chi connectivity index (χ1) is 30.0. The molecule has 6 nitrogen and oxygen atoms in total. The Labute approximate surface area is 380 Å². The van der Waals surface area contributed by atoms with E-state index >= 15 is 0 Å². The number of allylic oxidation sites excluding steroid dienone is 2. The molecule has 0 aliphatic carbocycles. The average Bonchev–Trinajstić information content (AvgIpc) is 3.25. The van der Waals surface area contributed by atoms with Crippen LogP contribution in [0.5, 0.6) is 0 Å². The van der Waals surface area contributed by atoms with Gasteiger partial charge in [-0.15, -0.1) is 0 Å². The molecule has 0 aliphatic heterocycles. The largest absolute Gasteiger partial charge is 0.462 e. The molecule has 0 fully saturated rings. The van der Waals surface area contributed by atoms with E-state index in [0.717, 1.165) is 57.8 Å². The van der Waals surface area contributed by atoms with Crippen LogP contribution in [0.3, 0.4) is 0 Å². The fourth-order valence-electron chi connectivity index (χ4n) is 8.66. The number of carbonyl (C=O) groups excluding carboxylic acids is 2. The molecule has 0 rings (SSSR count). The number of hydrogen-bond donors (Lipinski definition) is 3. The lowest BCUT2D eigenvalue weighted by atomic mass is 10.0. The lowest BCUT2D eigenvalue weighted by molar-refractivity contribution is -0.151. The van der Waals surface area contributed by atoms with Gasteiger partial charge < -0.3 is 20.3 Å². The first-order valence-electron chi connectivity index (χ1n) is 27.4. The Hall–Kier alpha value is -1.40. The summed E-state index contributed by atoms with van der Waals surface area (Å²) in [6, 6.07) is -0.698. The molecule has 0 aromatic carbocycles. The highest BCUT2D eigenvalue weighted by Crippen LogP contribution is 2.19. The van der Waals surface area contributed by atoms with Crippen LogP contribution in [0.4, 0.5) is 0 Å². The van der Waals surface area contributed by atoms with Crippen molar-refractivity contribution in [3.8, 4) is 0 Å². The summed E-state index contributed by atoms with van der Waals surface area (Å²) in [5.74, 6) is -0.462. The Morgan fingerprint density at radius 1 is 0.459 bits per heavy atom. The number of esters is 1. The normalized spacial score (nSPS) is 13.2. The molecule has 3 atom stereocenters. The number of rotatable bonds is 50. The van der Waals surface area contributed by atoms with Crippen LogP contribution >= 0.6 is 0 Å². The minimum absolute atomic E-state index is 0.0791. The Kier molecular flexibility index (Phi) is 48.5. The lowest BCUT2D eigenvalue weighted by Crippen LogP contribution is -2.46. The second kappa shape index (κ2) is 49.6.